The van der Waals surface area contributed by atoms with Crippen molar-refractivity contribution in [2.45, 2.75) is 41.5 Å². The van der Waals surface area contributed by atoms with Crippen molar-refractivity contribution >= 4 is 27.6 Å². The Kier molecular flexibility index (Phi) is 5.15. The van der Waals surface area contributed by atoms with Gasteiger partial charge in [0.25, 0.3) is 10.2 Å². The summed E-state index contributed by atoms with van der Waals surface area (Å²) >= 11 is 0. The Morgan fingerprint density at radius 3 is 1.19 bits per heavy atom. The molecule has 2 aromatic rings. The molecule has 4 nitrogen and oxygen atoms in total. The summed E-state index contributed by atoms with van der Waals surface area (Å²) in [4.78, 5) is 26.2. The summed E-state index contributed by atoms with van der Waals surface area (Å²) in [6, 6.07) is 7.06. The second-order valence-corrected chi connectivity index (χ2v) is 12.4. The van der Waals surface area contributed by atoms with Crippen LogP contribution in [-0.4, -0.2) is 19.0 Å². The summed E-state index contributed by atoms with van der Waals surface area (Å²) in [6.45, 7) is 10.6. The van der Waals surface area contributed by atoms with Gasteiger partial charge in [-0.15, -0.1) is 0 Å². The van der Waals surface area contributed by atoms with E-state index in [1.54, 1.807) is 60.4 Å². The molecule has 1 atom stereocenters. The molecule has 1 N–H and O–H groups in total. The maximum absolute atomic E-state index is 13.4. The monoisotopic (exact) mass is 392 g/mol. The van der Waals surface area contributed by atoms with Crippen molar-refractivity contribution in [3.63, 3.8) is 0 Å². The molecular formula is C20H25O4PS. The summed E-state index contributed by atoms with van der Waals surface area (Å²) in [6.07, 6.45) is 0. The first-order valence-electron chi connectivity index (χ1n) is 8.21. The molecule has 0 aliphatic rings. The zero-order chi connectivity index (χ0) is 20.0. The fourth-order valence-electron chi connectivity index (χ4n) is 3.48. The van der Waals surface area contributed by atoms with Gasteiger partial charge in [0.1, 0.15) is 0 Å². The molecule has 0 radical (unpaired) electrons. The lowest BCUT2D eigenvalue weighted by Crippen LogP contribution is -2.43. The van der Waals surface area contributed by atoms with E-state index in [4.69, 9.17) is 0 Å². The first-order valence-corrected chi connectivity index (χ1v) is 11.6. The number of hydrogen-bond donors (Lipinski definition) is 1. The van der Waals surface area contributed by atoms with Crippen LogP contribution in [-0.2, 0) is 8.97 Å². The molecular weight excluding hydrogens is 367 g/mol. The molecule has 0 fully saturated rings. The number of aryl methyl sites for hydroxylation is 6. The van der Waals surface area contributed by atoms with Crippen molar-refractivity contribution in [3.05, 3.63) is 68.8 Å². The second kappa shape index (κ2) is 6.49. The molecule has 2 rings (SSSR count). The Morgan fingerprint density at radius 2 is 0.962 bits per heavy atom. The van der Waals surface area contributed by atoms with E-state index in [1.807, 2.05) is 13.8 Å². The summed E-state index contributed by atoms with van der Waals surface area (Å²) < 4.78 is 24.3. The van der Waals surface area contributed by atoms with Crippen molar-refractivity contribution in [3.8, 4) is 0 Å². The Balaban J connectivity index is 2.70. The molecule has 26 heavy (non-hydrogen) atoms. The molecule has 0 amide bonds. The molecule has 0 heterocycles. The molecule has 0 saturated heterocycles. The molecule has 0 aliphatic carbocycles. The van der Waals surface area contributed by atoms with Crippen molar-refractivity contribution in [1.82, 2.24) is 0 Å². The highest BCUT2D eigenvalue weighted by Gasteiger charge is 2.43. The lowest BCUT2D eigenvalue weighted by molar-refractivity contribution is 0.102. The van der Waals surface area contributed by atoms with E-state index in [1.165, 1.54) is 0 Å². The van der Waals surface area contributed by atoms with Gasteiger partial charge in [0, 0.05) is 11.1 Å². The third-order valence-electron chi connectivity index (χ3n) is 4.48. The highest BCUT2D eigenvalue weighted by molar-refractivity contribution is 8.70. The van der Waals surface area contributed by atoms with Crippen LogP contribution in [0.1, 0.15) is 54.1 Å². The molecule has 140 valence electrons. The lowest BCUT2D eigenvalue weighted by atomic mass is 10.0. The smallest absolute Gasteiger partial charge is 0.276 e. The average molecular weight is 392 g/mol. The van der Waals surface area contributed by atoms with E-state index in [-0.39, 0.29) is 11.1 Å². The van der Waals surface area contributed by atoms with Crippen LogP contribution in [0.5, 0.6) is 0 Å². The molecule has 0 aliphatic heterocycles. The largest absolute Gasteiger partial charge is 0.287 e. The van der Waals surface area contributed by atoms with Crippen LogP contribution in [0.4, 0.5) is 0 Å². The maximum atomic E-state index is 13.4. The number of carbonyl (C=O) groups is 2. The van der Waals surface area contributed by atoms with Gasteiger partial charge in [-0.05, 0) is 72.2 Å². The Morgan fingerprint density at radius 1 is 0.731 bits per heavy atom. The van der Waals surface area contributed by atoms with E-state index in [0.717, 1.165) is 11.1 Å². The van der Waals surface area contributed by atoms with E-state index in [0.29, 0.717) is 22.3 Å². The van der Waals surface area contributed by atoms with Crippen molar-refractivity contribution < 1.29 is 18.4 Å². The molecule has 0 spiro atoms. The van der Waals surface area contributed by atoms with Gasteiger partial charge in [-0.25, -0.2) is 0 Å². The fourth-order valence-corrected chi connectivity index (χ4v) is 5.79. The number of rotatable bonds is 2. The van der Waals surface area contributed by atoms with Gasteiger partial charge in [-0.2, -0.15) is 4.21 Å². The summed E-state index contributed by atoms with van der Waals surface area (Å²) in [5.74, 6) is 0. The zero-order valence-electron chi connectivity index (χ0n) is 16.0. The molecule has 6 heteroatoms. The van der Waals surface area contributed by atoms with Gasteiger partial charge < -0.3 is 0 Å². The van der Waals surface area contributed by atoms with Gasteiger partial charge >= 0.3 is 0 Å². The number of benzene rings is 2. The van der Waals surface area contributed by atoms with Crippen LogP contribution in [0.2, 0.25) is 0 Å². The Labute approximate surface area is 156 Å². The quantitative estimate of drug-likeness (QED) is 0.758. The highest BCUT2D eigenvalue weighted by atomic mass is 32.8. The molecule has 2 aromatic carbocycles. The maximum Gasteiger partial charge on any atom is 0.276 e. The highest BCUT2D eigenvalue weighted by Crippen LogP contribution is 2.41. The summed E-state index contributed by atoms with van der Waals surface area (Å²) in [5.41, 5.74) is 4.44. The van der Waals surface area contributed by atoms with Gasteiger partial charge in [-0.3, -0.25) is 14.1 Å². The van der Waals surface area contributed by atoms with Gasteiger partial charge in [0.2, 0.25) is 0 Å². The van der Waals surface area contributed by atoms with Crippen LogP contribution >= 0.6 is 8.44 Å². The number of carbonyl (C=O) groups excluding carboxylic acids is 2. The molecule has 0 saturated carbocycles. The first-order chi connectivity index (χ1) is 11.7. The fraction of sp³-hybridized carbons (Fsp3) is 0.300. The van der Waals surface area contributed by atoms with Crippen LogP contribution < -0.4 is 0 Å². The van der Waals surface area contributed by atoms with Gasteiger partial charge in [-0.1, -0.05) is 44.4 Å². The van der Waals surface area contributed by atoms with Gasteiger partial charge in [0.15, 0.2) is 0 Å². The molecule has 0 aromatic heterocycles. The average Bonchev–Trinajstić information content (AvgIpc) is 2.44. The lowest BCUT2D eigenvalue weighted by Gasteiger charge is -2.36. The van der Waals surface area contributed by atoms with Crippen LogP contribution in [0.3, 0.4) is 0 Å². The summed E-state index contributed by atoms with van der Waals surface area (Å²) in [7, 11) is -3.68. The van der Waals surface area contributed by atoms with E-state index in [2.05, 4.69) is 0 Å². The SMILES string of the molecule is Cc1cc(C)c(C(=O)S(=O)(O)(P)C(=O)c2c(C)cc(C)cc2C)c(C)c1. The third kappa shape index (κ3) is 3.44. The predicted molar refractivity (Wildman–Crippen MR) is 110 cm³/mol. The van der Waals surface area contributed by atoms with E-state index < -0.39 is 19.2 Å². The minimum Gasteiger partial charge on any atom is -0.287 e. The third-order valence-corrected chi connectivity index (χ3v) is 7.61. The Bertz CT molecular complexity index is 893. The van der Waals surface area contributed by atoms with E-state index in [9.17, 15) is 18.4 Å². The standard InChI is InChI=1S/C20H25O4PS/c1-11-7-13(3)17(14(4)8-11)19(21)26(23,24,25)20(22)18-15(5)9-12(2)10-16(18)6/h7-10H,25H2,1-6H3,(H,23,24). The number of hydrogen-bond acceptors (Lipinski definition) is 3. The van der Waals surface area contributed by atoms with Crippen LogP contribution in [0, 0.1) is 41.5 Å². The predicted octanol–water partition coefficient (Wildman–Crippen LogP) is 4.60. The van der Waals surface area contributed by atoms with Crippen molar-refractivity contribution in [1.29, 1.82) is 0 Å². The Hall–Kier alpha value is -1.68. The summed E-state index contributed by atoms with van der Waals surface area (Å²) in [5, 5.41) is -2.10. The molecule has 0 bridgehead atoms. The van der Waals surface area contributed by atoms with Crippen LogP contribution in [0.15, 0.2) is 24.3 Å². The molecule has 1 unspecified atom stereocenters. The van der Waals surface area contributed by atoms with E-state index >= 15 is 0 Å². The normalized spacial score (nSPS) is 13.2. The van der Waals surface area contributed by atoms with Crippen molar-refractivity contribution in [2.24, 2.45) is 0 Å². The van der Waals surface area contributed by atoms with Gasteiger partial charge in [0.05, 0.1) is 0 Å². The second-order valence-electron chi connectivity index (χ2n) is 7.09. The minimum atomic E-state index is -5.36. The first kappa shape index (κ1) is 20.6. The minimum absolute atomic E-state index is 0.126. The topological polar surface area (TPSA) is 71.4 Å². The zero-order valence-corrected chi connectivity index (χ0v) is 17.9. The van der Waals surface area contributed by atoms with Crippen molar-refractivity contribution in [2.75, 3.05) is 0 Å². The van der Waals surface area contributed by atoms with Crippen LogP contribution in [0.25, 0.3) is 0 Å².